The number of benzene rings is 1. The van der Waals surface area contributed by atoms with E-state index in [1.54, 1.807) is 7.11 Å². The molecule has 1 aromatic carbocycles. The fourth-order valence-corrected chi connectivity index (χ4v) is 3.21. The molecule has 1 fully saturated rings. The molecule has 0 spiro atoms. The van der Waals surface area contributed by atoms with Gasteiger partial charge in [0.1, 0.15) is 5.75 Å². The molecule has 1 saturated heterocycles. The highest BCUT2D eigenvalue weighted by atomic mass is 79.9. The second-order valence-electron chi connectivity index (χ2n) is 5.01. The van der Waals surface area contributed by atoms with Crippen molar-refractivity contribution < 1.29 is 4.74 Å². The molecular weight excluding hydrogens is 304 g/mol. The Balaban J connectivity index is 1.87. The van der Waals surface area contributed by atoms with Gasteiger partial charge in [0, 0.05) is 29.2 Å². The summed E-state index contributed by atoms with van der Waals surface area (Å²) in [6, 6.07) is 6.84. The standard InChI is InChI=1S/C15H23BrN2O/c1-3-18-8-4-5-14(18)11-17-10-12-9-13(16)6-7-15(12)19-2/h6-7,9,14,17H,3-5,8,10-11H2,1-2H3. The molecule has 0 bridgehead atoms. The summed E-state index contributed by atoms with van der Waals surface area (Å²) in [5, 5.41) is 3.57. The molecule has 106 valence electrons. The van der Waals surface area contributed by atoms with Gasteiger partial charge in [0.2, 0.25) is 0 Å². The van der Waals surface area contributed by atoms with Gasteiger partial charge in [-0.25, -0.2) is 0 Å². The van der Waals surface area contributed by atoms with Gasteiger partial charge in [-0.15, -0.1) is 0 Å². The summed E-state index contributed by atoms with van der Waals surface area (Å²) >= 11 is 3.51. The number of methoxy groups -OCH3 is 1. The van der Waals surface area contributed by atoms with Crippen LogP contribution in [0, 0.1) is 0 Å². The van der Waals surface area contributed by atoms with E-state index in [1.165, 1.54) is 24.9 Å². The average molecular weight is 327 g/mol. The van der Waals surface area contributed by atoms with Gasteiger partial charge in [0.15, 0.2) is 0 Å². The molecule has 0 amide bonds. The Morgan fingerprint density at radius 2 is 2.32 bits per heavy atom. The first-order chi connectivity index (χ1) is 9.24. The van der Waals surface area contributed by atoms with Crippen molar-refractivity contribution in [1.29, 1.82) is 0 Å². The van der Waals surface area contributed by atoms with Crippen molar-refractivity contribution in [2.45, 2.75) is 32.4 Å². The third-order valence-corrected chi connectivity index (χ3v) is 4.34. The summed E-state index contributed by atoms with van der Waals surface area (Å²) in [5.41, 5.74) is 1.21. The van der Waals surface area contributed by atoms with Gasteiger partial charge < -0.3 is 10.1 Å². The number of nitrogens with zero attached hydrogens (tertiary/aromatic N) is 1. The van der Waals surface area contributed by atoms with E-state index in [9.17, 15) is 0 Å². The van der Waals surface area contributed by atoms with Gasteiger partial charge in [0.05, 0.1) is 7.11 Å². The second kappa shape index (κ2) is 7.27. The molecule has 1 N–H and O–H groups in total. The van der Waals surface area contributed by atoms with Crippen LogP contribution < -0.4 is 10.1 Å². The smallest absolute Gasteiger partial charge is 0.123 e. The van der Waals surface area contributed by atoms with Gasteiger partial charge in [-0.1, -0.05) is 22.9 Å². The van der Waals surface area contributed by atoms with Crippen LogP contribution in [0.1, 0.15) is 25.3 Å². The van der Waals surface area contributed by atoms with Gasteiger partial charge in [-0.05, 0) is 44.1 Å². The minimum Gasteiger partial charge on any atom is -0.496 e. The van der Waals surface area contributed by atoms with Crippen molar-refractivity contribution in [2.24, 2.45) is 0 Å². The Kier molecular flexibility index (Phi) is 5.67. The highest BCUT2D eigenvalue weighted by Gasteiger charge is 2.22. The molecule has 1 atom stereocenters. The predicted octanol–water partition coefficient (Wildman–Crippen LogP) is 3.03. The first-order valence-corrected chi connectivity index (χ1v) is 7.81. The molecule has 0 radical (unpaired) electrons. The molecule has 0 aromatic heterocycles. The summed E-state index contributed by atoms with van der Waals surface area (Å²) in [6.45, 7) is 6.57. The molecule has 2 rings (SSSR count). The molecule has 4 heteroatoms. The van der Waals surface area contributed by atoms with E-state index in [2.05, 4.69) is 39.1 Å². The van der Waals surface area contributed by atoms with Crippen LogP contribution in [0.2, 0.25) is 0 Å². The van der Waals surface area contributed by atoms with Crippen LogP contribution in [0.3, 0.4) is 0 Å². The lowest BCUT2D eigenvalue weighted by atomic mass is 10.2. The summed E-state index contributed by atoms with van der Waals surface area (Å²) in [7, 11) is 1.72. The maximum Gasteiger partial charge on any atom is 0.123 e. The first-order valence-electron chi connectivity index (χ1n) is 7.01. The number of hydrogen-bond acceptors (Lipinski definition) is 3. The third-order valence-electron chi connectivity index (χ3n) is 3.84. The molecule has 3 nitrogen and oxygen atoms in total. The molecule has 1 aliphatic rings. The van der Waals surface area contributed by atoms with Crippen molar-refractivity contribution in [3.8, 4) is 5.75 Å². The number of hydrogen-bond donors (Lipinski definition) is 1. The van der Waals surface area contributed by atoms with Crippen LogP contribution in [0.25, 0.3) is 0 Å². The van der Waals surface area contributed by atoms with Crippen LogP contribution in [0.5, 0.6) is 5.75 Å². The van der Waals surface area contributed by atoms with Crippen molar-refractivity contribution in [3.05, 3.63) is 28.2 Å². The van der Waals surface area contributed by atoms with E-state index in [1.807, 2.05) is 12.1 Å². The summed E-state index contributed by atoms with van der Waals surface area (Å²) in [5.74, 6) is 0.953. The zero-order chi connectivity index (χ0) is 13.7. The molecule has 19 heavy (non-hydrogen) atoms. The zero-order valence-corrected chi connectivity index (χ0v) is 13.4. The molecule has 1 aromatic rings. The van der Waals surface area contributed by atoms with E-state index in [0.29, 0.717) is 6.04 Å². The SMILES string of the molecule is CCN1CCCC1CNCc1cc(Br)ccc1OC. The van der Waals surface area contributed by atoms with E-state index < -0.39 is 0 Å². The quantitative estimate of drug-likeness (QED) is 0.869. The van der Waals surface area contributed by atoms with Gasteiger partial charge >= 0.3 is 0 Å². The topological polar surface area (TPSA) is 24.5 Å². The number of rotatable bonds is 6. The predicted molar refractivity (Wildman–Crippen MR) is 82.7 cm³/mol. The first kappa shape index (κ1) is 14.8. The minimum atomic E-state index is 0.697. The van der Waals surface area contributed by atoms with Crippen molar-refractivity contribution in [2.75, 3.05) is 26.7 Å². The maximum atomic E-state index is 5.39. The third kappa shape index (κ3) is 3.94. The Morgan fingerprint density at radius 1 is 1.47 bits per heavy atom. The van der Waals surface area contributed by atoms with E-state index in [-0.39, 0.29) is 0 Å². The Hall–Kier alpha value is -0.580. The van der Waals surface area contributed by atoms with Gasteiger partial charge in [-0.2, -0.15) is 0 Å². The van der Waals surface area contributed by atoms with E-state index in [4.69, 9.17) is 4.74 Å². The molecular formula is C15H23BrN2O. The van der Waals surface area contributed by atoms with Crippen molar-refractivity contribution in [1.82, 2.24) is 10.2 Å². The minimum absolute atomic E-state index is 0.697. The van der Waals surface area contributed by atoms with E-state index >= 15 is 0 Å². The summed E-state index contributed by atoms with van der Waals surface area (Å²) in [4.78, 5) is 2.56. The lowest BCUT2D eigenvalue weighted by Gasteiger charge is -2.23. The average Bonchev–Trinajstić information content (AvgIpc) is 2.86. The molecule has 1 heterocycles. The number of halogens is 1. The maximum absolute atomic E-state index is 5.39. The van der Waals surface area contributed by atoms with E-state index in [0.717, 1.165) is 29.9 Å². The zero-order valence-electron chi connectivity index (χ0n) is 11.8. The molecule has 0 aliphatic carbocycles. The van der Waals surface area contributed by atoms with Crippen LogP contribution in [-0.4, -0.2) is 37.7 Å². The number of ether oxygens (including phenoxy) is 1. The Labute approximate surface area is 124 Å². The second-order valence-corrected chi connectivity index (χ2v) is 5.93. The molecule has 1 unspecified atom stereocenters. The molecule has 0 saturated carbocycles. The van der Waals surface area contributed by atoms with Crippen LogP contribution in [0.15, 0.2) is 22.7 Å². The van der Waals surface area contributed by atoms with Crippen LogP contribution in [-0.2, 0) is 6.54 Å². The van der Waals surface area contributed by atoms with Crippen LogP contribution >= 0.6 is 15.9 Å². The Bertz CT molecular complexity index is 411. The van der Waals surface area contributed by atoms with Gasteiger partial charge in [-0.3, -0.25) is 4.90 Å². The Morgan fingerprint density at radius 3 is 3.05 bits per heavy atom. The fraction of sp³-hybridized carbons (Fsp3) is 0.600. The van der Waals surface area contributed by atoms with Crippen LogP contribution in [0.4, 0.5) is 0 Å². The molecule has 1 aliphatic heterocycles. The summed E-state index contributed by atoms with van der Waals surface area (Å²) in [6.07, 6.45) is 2.65. The van der Waals surface area contributed by atoms with Crippen molar-refractivity contribution >= 4 is 15.9 Å². The lowest BCUT2D eigenvalue weighted by molar-refractivity contribution is 0.259. The highest BCUT2D eigenvalue weighted by Crippen LogP contribution is 2.23. The van der Waals surface area contributed by atoms with Gasteiger partial charge in [0.25, 0.3) is 0 Å². The highest BCUT2D eigenvalue weighted by molar-refractivity contribution is 9.10. The number of nitrogens with one attached hydrogen (secondary N) is 1. The normalized spacial score (nSPS) is 19.8. The largest absolute Gasteiger partial charge is 0.496 e. The lowest BCUT2D eigenvalue weighted by Crippen LogP contribution is -2.37. The summed E-state index contributed by atoms with van der Waals surface area (Å²) < 4.78 is 6.49. The monoisotopic (exact) mass is 326 g/mol. The number of likely N-dealkylation sites (tertiary alicyclic amines) is 1. The fourth-order valence-electron chi connectivity index (χ4n) is 2.80. The van der Waals surface area contributed by atoms with Crippen molar-refractivity contribution in [3.63, 3.8) is 0 Å². The number of likely N-dealkylation sites (N-methyl/N-ethyl adjacent to an activating group) is 1.